The minimum Gasteiger partial charge on any atom is -0.356 e. The first-order valence-electron chi connectivity index (χ1n) is 8.48. The van der Waals surface area contributed by atoms with Crippen molar-refractivity contribution in [1.82, 2.24) is 5.32 Å². The van der Waals surface area contributed by atoms with Crippen LogP contribution in [-0.4, -0.2) is 32.4 Å². The molecule has 1 amide bonds. The number of sulfone groups is 1. The van der Waals surface area contributed by atoms with Gasteiger partial charge in [0.25, 0.3) is 0 Å². The Morgan fingerprint density at radius 1 is 1.10 bits per heavy atom. The Morgan fingerprint density at radius 2 is 1.81 bits per heavy atom. The van der Waals surface area contributed by atoms with Crippen molar-refractivity contribution in [3.05, 3.63) is 0 Å². The molecule has 0 spiro atoms. The molecular weight excluding hydrogens is 286 g/mol. The monoisotopic (exact) mass is 315 g/mol. The first-order valence-corrected chi connectivity index (χ1v) is 10.3. The third-order valence-electron chi connectivity index (χ3n) is 5.08. The molecule has 1 saturated heterocycles. The molecule has 5 heteroatoms. The lowest BCUT2D eigenvalue weighted by Gasteiger charge is -2.28. The molecule has 4 nitrogen and oxygen atoms in total. The standard InChI is InChI=1S/C16H29NO3S/c1-2-3-4-13-5-7-15(8-6-13)16(18)17-11-14-9-10-21(19,20)12-14/h13-15H,2-12H2,1H3,(H,17,18)/t13?,14-,15?/m1/s1. The predicted molar refractivity (Wildman–Crippen MR) is 84.7 cm³/mol. The molecule has 1 N–H and O–H groups in total. The van der Waals surface area contributed by atoms with Gasteiger partial charge in [-0.15, -0.1) is 0 Å². The molecule has 2 fully saturated rings. The predicted octanol–water partition coefficient (Wildman–Crippen LogP) is 2.53. The summed E-state index contributed by atoms with van der Waals surface area (Å²) in [5, 5.41) is 2.99. The molecule has 1 aliphatic heterocycles. The van der Waals surface area contributed by atoms with Crippen molar-refractivity contribution in [1.29, 1.82) is 0 Å². The van der Waals surface area contributed by atoms with Crippen LogP contribution in [0.15, 0.2) is 0 Å². The summed E-state index contributed by atoms with van der Waals surface area (Å²) in [5.41, 5.74) is 0. The summed E-state index contributed by atoms with van der Waals surface area (Å²) in [6.07, 6.45) is 8.93. The lowest BCUT2D eigenvalue weighted by molar-refractivity contribution is -0.126. The second-order valence-corrected chi connectivity index (χ2v) is 9.10. The summed E-state index contributed by atoms with van der Waals surface area (Å²) < 4.78 is 22.8. The fraction of sp³-hybridized carbons (Fsp3) is 0.938. The smallest absolute Gasteiger partial charge is 0.223 e. The van der Waals surface area contributed by atoms with Gasteiger partial charge in [-0.3, -0.25) is 4.79 Å². The highest BCUT2D eigenvalue weighted by Crippen LogP contribution is 2.32. The summed E-state index contributed by atoms with van der Waals surface area (Å²) >= 11 is 0. The first-order chi connectivity index (χ1) is 10.00. The molecule has 21 heavy (non-hydrogen) atoms. The largest absolute Gasteiger partial charge is 0.356 e. The maximum absolute atomic E-state index is 12.2. The van der Waals surface area contributed by atoms with Crippen LogP contribution in [0.2, 0.25) is 0 Å². The molecule has 1 aliphatic carbocycles. The van der Waals surface area contributed by atoms with Crippen molar-refractivity contribution in [2.75, 3.05) is 18.1 Å². The van der Waals surface area contributed by atoms with Crippen LogP contribution < -0.4 is 5.32 Å². The molecule has 0 radical (unpaired) electrons. The molecule has 0 aromatic heterocycles. The highest BCUT2D eigenvalue weighted by molar-refractivity contribution is 7.91. The summed E-state index contributed by atoms with van der Waals surface area (Å²) in [7, 11) is -2.84. The van der Waals surface area contributed by atoms with Crippen molar-refractivity contribution in [2.24, 2.45) is 17.8 Å². The van der Waals surface area contributed by atoms with E-state index in [1.54, 1.807) is 0 Å². The van der Waals surface area contributed by atoms with E-state index < -0.39 is 9.84 Å². The summed E-state index contributed by atoms with van der Waals surface area (Å²) in [6, 6.07) is 0. The van der Waals surface area contributed by atoms with Gasteiger partial charge in [-0.2, -0.15) is 0 Å². The van der Waals surface area contributed by atoms with Crippen LogP contribution in [0.25, 0.3) is 0 Å². The van der Waals surface area contributed by atoms with Gasteiger partial charge in [0.15, 0.2) is 9.84 Å². The molecule has 1 heterocycles. The molecule has 0 aromatic carbocycles. The molecule has 2 aliphatic rings. The van der Waals surface area contributed by atoms with Gasteiger partial charge in [0, 0.05) is 12.5 Å². The van der Waals surface area contributed by atoms with Crippen molar-refractivity contribution in [3.63, 3.8) is 0 Å². The molecule has 1 saturated carbocycles. The Hall–Kier alpha value is -0.580. The van der Waals surface area contributed by atoms with Gasteiger partial charge in [0.2, 0.25) is 5.91 Å². The third kappa shape index (κ3) is 5.28. The van der Waals surface area contributed by atoms with Crippen LogP contribution in [0.5, 0.6) is 0 Å². The molecule has 0 unspecified atom stereocenters. The fourth-order valence-corrected chi connectivity index (χ4v) is 5.49. The number of carbonyl (C=O) groups is 1. The topological polar surface area (TPSA) is 63.2 Å². The molecule has 0 bridgehead atoms. The van der Waals surface area contributed by atoms with Crippen LogP contribution in [0, 0.1) is 17.8 Å². The number of amides is 1. The average molecular weight is 315 g/mol. The average Bonchev–Trinajstić information content (AvgIpc) is 2.82. The zero-order valence-corrected chi connectivity index (χ0v) is 14.0. The van der Waals surface area contributed by atoms with Gasteiger partial charge >= 0.3 is 0 Å². The Labute approximate surface area is 129 Å². The molecule has 122 valence electrons. The highest BCUT2D eigenvalue weighted by Gasteiger charge is 2.30. The fourth-order valence-electron chi connectivity index (χ4n) is 3.63. The lowest BCUT2D eigenvalue weighted by atomic mass is 9.79. The zero-order chi connectivity index (χ0) is 15.3. The maximum atomic E-state index is 12.2. The Balaban J connectivity index is 1.66. The number of nitrogens with one attached hydrogen (secondary N) is 1. The number of carbonyl (C=O) groups excluding carboxylic acids is 1. The number of hydrogen-bond donors (Lipinski definition) is 1. The van der Waals surface area contributed by atoms with Gasteiger partial charge in [0.05, 0.1) is 11.5 Å². The van der Waals surface area contributed by atoms with E-state index in [1.165, 1.54) is 32.1 Å². The normalized spacial score (nSPS) is 32.0. The van der Waals surface area contributed by atoms with Gasteiger partial charge in [-0.25, -0.2) is 8.42 Å². The molecule has 0 aromatic rings. The van der Waals surface area contributed by atoms with Crippen LogP contribution in [-0.2, 0) is 14.6 Å². The second-order valence-electron chi connectivity index (χ2n) is 6.87. The van der Waals surface area contributed by atoms with Crippen LogP contribution in [0.4, 0.5) is 0 Å². The van der Waals surface area contributed by atoms with Crippen molar-refractivity contribution >= 4 is 15.7 Å². The third-order valence-corrected chi connectivity index (χ3v) is 6.91. The van der Waals surface area contributed by atoms with Gasteiger partial charge in [-0.05, 0) is 43.9 Å². The first kappa shape index (κ1) is 16.8. The van der Waals surface area contributed by atoms with E-state index in [0.29, 0.717) is 13.0 Å². The van der Waals surface area contributed by atoms with E-state index >= 15 is 0 Å². The van der Waals surface area contributed by atoms with Gasteiger partial charge in [-0.1, -0.05) is 26.2 Å². The van der Waals surface area contributed by atoms with E-state index in [4.69, 9.17) is 0 Å². The van der Waals surface area contributed by atoms with Crippen molar-refractivity contribution < 1.29 is 13.2 Å². The Kier molecular flexibility index (Phi) is 6.08. The number of rotatable bonds is 6. The lowest BCUT2D eigenvalue weighted by Crippen LogP contribution is -2.36. The van der Waals surface area contributed by atoms with Gasteiger partial charge in [0.1, 0.15) is 0 Å². The van der Waals surface area contributed by atoms with Crippen LogP contribution in [0.3, 0.4) is 0 Å². The maximum Gasteiger partial charge on any atom is 0.223 e. The summed E-state index contributed by atoms with van der Waals surface area (Å²) in [4.78, 5) is 12.2. The minimum atomic E-state index is -2.84. The van der Waals surface area contributed by atoms with E-state index in [0.717, 1.165) is 18.8 Å². The molecule has 1 atom stereocenters. The SMILES string of the molecule is CCCCC1CCC(C(=O)NC[C@H]2CCS(=O)(=O)C2)CC1. The van der Waals surface area contributed by atoms with E-state index in [2.05, 4.69) is 12.2 Å². The summed E-state index contributed by atoms with van der Waals surface area (Å²) in [6.45, 7) is 2.76. The quantitative estimate of drug-likeness (QED) is 0.819. The van der Waals surface area contributed by atoms with Crippen molar-refractivity contribution in [3.8, 4) is 0 Å². The number of hydrogen-bond acceptors (Lipinski definition) is 3. The Bertz CT molecular complexity index is 438. The number of unbranched alkanes of at least 4 members (excludes halogenated alkanes) is 1. The van der Waals surface area contributed by atoms with E-state index in [-0.39, 0.29) is 29.2 Å². The van der Waals surface area contributed by atoms with Gasteiger partial charge < -0.3 is 5.32 Å². The second kappa shape index (κ2) is 7.61. The van der Waals surface area contributed by atoms with E-state index in [9.17, 15) is 13.2 Å². The summed E-state index contributed by atoms with van der Waals surface area (Å²) in [5.74, 6) is 1.77. The molecule has 2 rings (SSSR count). The van der Waals surface area contributed by atoms with E-state index in [1.807, 2.05) is 0 Å². The highest BCUT2D eigenvalue weighted by atomic mass is 32.2. The molecular formula is C16H29NO3S. The Morgan fingerprint density at radius 3 is 2.38 bits per heavy atom. The van der Waals surface area contributed by atoms with Crippen molar-refractivity contribution in [2.45, 2.75) is 58.3 Å². The van der Waals surface area contributed by atoms with Crippen LogP contribution >= 0.6 is 0 Å². The van der Waals surface area contributed by atoms with Crippen LogP contribution in [0.1, 0.15) is 58.3 Å². The zero-order valence-electron chi connectivity index (χ0n) is 13.1. The minimum absolute atomic E-state index is 0.125.